The van der Waals surface area contributed by atoms with Crippen LogP contribution in [0.3, 0.4) is 0 Å². The zero-order valence-corrected chi connectivity index (χ0v) is 12.2. The van der Waals surface area contributed by atoms with Crippen LogP contribution in [-0.4, -0.2) is 12.5 Å². The van der Waals surface area contributed by atoms with Gasteiger partial charge in [0.15, 0.2) is 0 Å². The monoisotopic (exact) mass is 307 g/mol. The molecule has 0 atom stereocenters. The van der Waals surface area contributed by atoms with E-state index in [1.54, 1.807) is 23.1 Å². The molecule has 0 unspecified atom stereocenters. The van der Waals surface area contributed by atoms with Crippen LogP contribution in [0.5, 0.6) is 0 Å². The molecule has 0 aromatic heterocycles. The molecule has 0 heterocycles. The largest absolute Gasteiger partial charge is 0.399 e. The topological polar surface area (TPSA) is 72.3 Å². The van der Waals surface area contributed by atoms with Gasteiger partial charge in [-0.25, -0.2) is 4.39 Å². The number of nitrogens with zero attached hydrogens (tertiary/aromatic N) is 1. The maximum absolute atomic E-state index is 13.1. The van der Waals surface area contributed by atoms with E-state index in [9.17, 15) is 9.18 Å². The van der Waals surface area contributed by atoms with E-state index in [1.807, 2.05) is 6.92 Å². The first-order valence-corrected chi connectivity index (χ1v) is 6.73. The van der Waals surface area contributed by atoms with Crippen LogP contribution < -0.4 is 16.4 Å². The van der Waals surface area contributed by atoms with E-state index < -0.39 is 5.91 Å². The molecule has 1 amide bonds. The van der Waals surface area contributed by atoms with Crippen molar-refractivity contribution >= 4 is 34.6 Å². The smallest absolute Gasteiger partial charge is 0.250 e. The molecule has 0 aliphatic rings. The summed E-state index contributed by atoms with van der Waals surface area (Å²) < 4.78 is 13.1. The van der Waals surface area contributed by atoms with E-state index in [1.165, 1.54) is 18.2 Å². The van der Waals surface area contributed by atoms with Gasteiger partial charge in [-0.15, -0.1) is 0 Å². The molecular weight excluding hydrogens is 293 g/mol. The molecule has 0 saturated heterocycles. The Hall–Kier alpha value is -2.27. The predicted molar refractivity (Wildman–Crippen MR) is 83.5 cm³/mol. The van der Waals surface area contributed by atoms with Crippen LogP contribution in [-0.2, 0) is 0 Å². The number of nitrogen functional groups attached to an aromatic ring is 1. The molecule has 0 radical (unpaired) electrons. The Morgan fingerprint density at radius 1 is 1.29 bits per heavy atom. The highest BCUT2D eigenvalue weighted by Crippen LogP contribution is 2.36. The molecule has 110 valence electrons. The number of amides is 1. The van der Waals surface area contributed by atoms with Crippen LogP contribution in [0.2, 0.25) is 5.02 Å². The van der Waals surface area contributed by atoms with Crippen molar-refractivity contribution in [3.63, 3.8) is 0 Å². The second-order valence-electron chi connectivity index (χ2n) is 4.48. The van der Waals surface area contributed by atoms with Crippen LogP contribution in [0.4, 0.5) is 21.5 Å². The number of hydrogen-bond donors (Lipinski definition) is 2. The Kier molecular flexibility index (Phi) is 4.33. The van der Waals surface area contributed by atoms with Crippen LogP contribution in [0.25, 0.3) is 0 Å². The summed E-state index contributed by atoms with van der Waals surface area (Å²) in [4.78, 5) is 13.4. The highest BCUT2D eigenvalue weighted by atomic mass is 35.5. The van der Waals surface area contributed by atoms with Gasteiger partial charge in [0, 0.05) is 17.9 Å². The van der Waals surface area contributed by atoms with Gasteiger partial charge in [-0.2, -0.15) is 0 Å². The molecule has 0 fully saturated rings. The number of primary amides is 1. The molecule has 4 N–H and O–H groups in total. The SMILES string of the molecule is CCN(c1ccc(F)cc1)c1c(Cl)cc(N)cc1C(N)=O. The summed E-state index contributed by atoms with van der Waals surface area (Å²) >= 11 is 6.23. The predicted octanol–water partition coefficient (Wildman–Crippen LogP) is 3.32. The third-order valence-corrected chi connectivity index (χ3v) is 3.36. The lowest BCUT2D eigenvalue weighted by Gasteiger charge is -2.26. The Bertz CT molecular complexity index is 673. The Morgan fingerprint density at radius 3 is 2.43 bits per heavy atom. The summed E-state index contributed by atoms with van der Waals surface area (Å²) in [6.07, 6.45) is 0. The molecule has 21 heavy (non-hydrogen) atoms. The van der Waals surface area contributed by atoms with E-state index in [0.29, 0.717) is 28.6 Å². The van der Waals surface area contributed by atoms with Crippen LogP contribution in [0, 0.1) is 5.82 Å². The van der Waals surface area contributed by atoms with E-state index in [4.69, 9.17) is 23.1 Å². The summed E-state index contributed by atoms with van der Waals surface area (Å²) in [5.74, 6) is -0.965. The summed E-state index contributed by atoms with van der Waals surface area (Å²) in [6.45, 7) is 2.41. The molecule has 0 saturated carbocycles. The molecule has 0 spiro atoms. The average Bonchev–Trinajstić information content (AvgIpc) is 2.43. The van der Waals surface area contributed by atoms with Gasteiger partial charge in [0.2, 0.25) is 0 Å². The molecule has 4 nitrogen and oxygen atoms in total. The van der Waals surface area contributed by atoms with E-state index in [-0.39, 0.29) is 11.4 Å². The number of carbonyl (C=O) groups is 1. The fourth-order valence-corrected chi connectivity index (χ4v) is 2.50. The van der Waals surface area contributed by atoms with Crippen molar-refractivity contribution in [2.45, 2.75) is 6.92 Å². The molecule has 6 heteroatoms. The lowest BCUT2D eigenvalue weighted by Crippen LogP contribution is -2.22. The van der Waals surface area contributed by atoms with Gasteiger partial charge in [0.05, 0.1) is 16.3 Å². The number of carbonyl (C=O) groups excluding carboxylic acids is 1. The highest BCUT2D eigenvalue weighted by molar-refractivity contribution is 6.34. The minimum atomic E-state index is -0.625. The third kappa shape index (κ3) is 3.08. The maximum atomic E-state index is 13.1. The van der Waals surface area contributed by atoms with Crippen molar-refractivity contribution in [3.8, 4) is 0 Å². The Morgan fingerprint density at radius 2 is 1.90 bits per heavy atom. The lowest BCUT2D eigenvalue weighted by molar-refractivity contribution is 0.100. The van der Waals surface area contributed by atoms with Crippen LogP contribution >= 0.6 is 11.6 Å². The minimum Gasteiger partial charge on any atom is -0.399 e. The number of nitrogens with two attached hydrogens (primary N) is 2. The molecular formula is C15H15ClFN3O. The number of rotatable bonds is 4. The van der Waals surface area contributed by atoms with E-state index >= 15 is 0 Å². The van der Waals surface area contributed by atoms with Gasteiger partial charge < -0.3 is 16.4 Å². The zero-order chi connectivity index (χ0) is 15.6. The second-order valence-corrected chi connectivity index (χ2v) is 4.89. The van der Waals surface area contributed by atoms with Gasteiger partial charge in [-0.1, -0.05) is 11.6 Å². The highest BCUT2D eigenvalue weighted by Gasteiger charge is 2.19. The molecule has 0 aliphatic carbocycles. The van der Waals surface area contributed by atoms with E-state index in [2.05, 4.69) is 0 Å². The molecule has 0 bridgehead atoms. The Balaban J connectivity index is 2.62. The second kappa shape index (κ2) is 6.01. The first-order chi connectivity index (χ1) is 9.93. The maximum Gasteiger partial charge on any atom is 0.250 e. The molecule has 2 rings (SSSR count). The summed E-state index contributed by atoms with van der Waals surface area (Å²) in [5.41, 5.74) is 12.9. The van der Waals surface area contributed by atoms with Crippen molar-refractivity contribution < 1.29 is 9.18 Å². The van der Waals surface area contributed by atoms with Crippen molar-refractivity contribution in [2.24, 2.45) is 5.73 Å². The third-order valence-electron chi connectivity index (χ3n) is 3.08. The van der Waals surface area contributed by atoms with E-state index in [0.717, 1.165) is 0 Å². The first-order valence-electron chi connectivity index (χ1n) is 6.36. The van der Waals surface area contributed by atoms with Gasteiger partial charge in [-0.05, 0) is 43.3 Å². The molecule has 0 aliphatic heterocycles. The summed E-state index contributed by atoms with van der Waals surface area (Å²) in [6, 6.07) is 8.93. The van der Waals surface area contributed by atoms with Crippen molar-refractivity contribution in [3.05, 3.63) is 52.8 Å². The first kappa shape index (κ1) is 15.1. The summed E-state index contributed by atoms with van der Waals surface area (Å²) in [5, 5.41) is 0.315. The normalized spacial score (nSPS) is 10.4. The Labute approximate surface area is 127 Å². The standard InChI is InChI=1S/C15H15ClFN3O/c1-2-20(11-5-3-9(17)4-6-11)14-12(15(19)21)7-10(18)8-13(14)16/h3-8H,2,18H2,1H3,(H2,19,21). The van der Waals surface area contributed by atoms with Crippen LogP contribution in [0.15, 0.2) is 36.4 Å². The van der Waals surface area contributed by atoms with Gasteiger partial charge in [0.1, 0.15) is 5.82 Å². The number of benzene rings is 2. The number of anilines is 3. The number of halogens is 2. The van der Waals surface area contributed by atoms with Crippen molar-refractivity contribution in [1.82, 2.24) is 0 Å². The van der Waals surface area contributed by atoms with Crippen molar-refractivity contribution in [2.75, 3.05) is 17.2 Å². The molecule has 2 aromatic carbocycles. The van der Waals surface area contributed by atoms with Gasteiger partial charge in [0.25, 0.3) is 5.91 Å². The number of hydrogen-bond acceptors (Lipinski definition) is 3. The average molecular weight is 308 g/mol. The fourth-order valence-electron chi connectivity index (χ4n) is 2.17. The summed E-state index contributed by atoms with van der Waals surface area (Å²) in [7, 11) is 0. The van der Waals surface area contributed by atoms with Crippen LogP contribution in [0.1, 0.15) is 17.3 Å². The van der Waals surface area contributed by atoms with Crippen molar-refractivity contribution in [1.29, 1.82) is 0 Å². The van der Waals surface area contributed by atoms with Gasteiger partial charge in [-0.3, -0.25) is 4.79 Å². The van der Waals surface area contributed by atoms with Gasteiger partial charge >= 0.3 is 0 Å². The quantitative estimate of drug-likeness (QED) is 0.851. The zero-order valence-electron chi connectivity index (χ0n) is 11.4. The minimum absolute atomic E-state index is 0.228. The molecule has 2 aromatic rings. The fraction of sp³-hybridized carbons (Fsp3) is 0.133. The lowest BCUT2D eigenvalue weighted by atomic mass is 10.1.